The van der Waals surface area contributed by atoms with Crippen molar-refractivity contribution in [3.8, 4) is 0 Å². The van der Waals surface area contributed by atoms with E-state index < -0.39 is 11.9 Å². The quantitative estimate of drug-likeness (QED) is 0.916. The number of hydrogen-bond donors (Lipinski definition) is 1. The molecule has 3 nitrogen and oxygen atoms in total. The molecule has 0 bridgehead atoms. The third-order valence-electron chi connectivity index (χ3n) is 3.29. The SMILES string of the molecule is Cc1cc(C)c(C(C(=O)O)c2cccnc2)c(C)c1. The Kier molecular flexibility index (Phi) is 3.65. The minimum atomic E-state index is -0.844. The van der Waals surface area contributed by atoms with Crippen LogP contribution in [0.3, 0.4) is 0 Å². The summed E-state index contributed by atoms with van der Waals surface area (Å²) in [5.74, 6) is -1.50. The van der Waals surface area contributed by atoms with E-state index in [4.69, 9.17) is 0 Å². The molecule has 1 unspecified atom stereocenters. The van der Waals surface area contributed by atoms with Gasteiger partial charge in [-0.1, -0.05) is 23.8 Å². The number of benzene rings is 1. The third kappa shape index (κ3) is 2.65. The van der Waals surface area contributed by atoms with Gasteiger partial charge in [0, 0.05) is 12.4 Å². The summed E-state index contributed by atoms with van der Waals surface area (Å²) in [5.41, 5.74) is 4.74. The van der Waals surface area contributed by atoms with Crippen LogP contribution in [0.5, 0.6) is 0 Å². The Hall–Kier alpha value is -2.16. The van der Waals surface area contributed by atoms with Crippen molar-refractivity contribution in [3.63, 3.8) is 0 Å². The summed E-state index contributed by atoms with van der Waals surface area (Å²) in [6.45, 7) is 5.94. The molecule has 2 rings (SSSR count). The fourth-order valence-corrected chi connectivity index (χ4v) is 2.63. The molecule has 2 aromatic rings. The van der Waals surface area contributed by atoms with Gasteiger partial charge >= 0.3 is 5.97 Å². The van der Waals surface area contributed by atoms with Crippen LogP contribution in [0.25, 0.3) is 0 Å². The highest BCUT2D eigenvalue weighted by Crippen LogP contribution is 2.30. The van der Waals surface area contributed by atoms with Crippen LogP contribution in [0.15, 0.2) is 36.7 Å². The van der Waals surface area contributed by atoms with Crippen molar-refractivity contribution in [1.29, 1.82) is 0 Å². The number of pyridine rings is 1. The van der Waals surface area contributed by atoms with Crippen molar-refractivity contribution < 1.29 is 9.90 Å². The van der Waals surface area contributed by atoms with Crippen LogP contribution < -0.4 is 0 Å². The second kappa shape index (κ2) is 5.22. The van der Waals surface area contributed by atoms with E-state index in [0.29, 0.717) is 5.56 Å². The fraction of sp³-hybridized carbons (Fsp3) is 0.250. The minimum absolute atomic E-state index is 0.658. The van der Waals surface area contributed by atoms with E-state index in [9.17, 15) is 9.90 Å². The van der Waals surface area contributed by atoms with Crippen LogP contribution in [0.4, 0.5) is 0 Å². The monoisotopic (exact) mass is 255 g/mol. The smallest absolute Gasteiger partial charge is 0.315 e. The largest absolute Gasteiger partial charge is 0.481 e. The summed E-state index contributed by atoms with van der Waals surface area (Å²) in [6, 6.07) is 7.62. The van der Waals surface area contributed by atoms with Crippen LogP contribution in [0, 0.1) is 20.8 Å². The van der Waals surface area contributed by atoms with Gasteiger partial charge in [0.05, 0.1) is 0 Å². The van der Waals surface area contributed by atoms with Crippen LogP contribution in [-0.4, -0.2) is 16.1 Å². The zero-order chi connectivity index (χ0) is 14.0. The maximum atomic E-state index is 11.7. The molecule has 1 heterocycles. The number of carbonyl (C=O) groups is 1. The molecule has 0 fully saturated rings. The first-order chi connectivity index (χ1) is 9.00. The first kappa shape index (κ1) is 13.3. The summed E-state index contributed by atoms with van der Waals surface area (Å²) in [6.07, 6.45) is 3.27. The topological polar surface area (TPSA) is 50.2 Å². The van der Waals surface area contributed by atoms with E-state index in [2.05, 4.69) is 4.98 Å². The second-order valence-electron chi connectivity index (χ2n) is 4.87. The molecular weight excluding hydrogens is 238 g/mol. The van der Waals surface area contributed by atoms with Crippen molar-refractivity contribution in [1.82, 2.24) is 4.98 Å². The molecule has 1 aromatic heterocycles. The molecule has 19 heavy (non-hydrogen) atoms. The Balaban J connectivity index is 2.62. The number of nitrogens with zero attached hydrogens (tertiary/aromatic N) is 1. The average molecular weight is 255 g/mol. The van der Waals surface area contributed by atoms with Gasteiger partial charge in [0.2, 0.25) is 0 Å². The molecule has 0 saturated heterocycles. The van der Waals surface area contributed by atoms with Crippen molar-refractivity contribution in [3.05, 3.63) is 64.5 Å². The van der Waals surface area contributed by atoms with Gasteiger partial charge in [-0.25, -0.2) is 0 Å². The molecule has 1 atom stereocenters. The summed E-state index contributed by atoms with van der Waals surface area (Å²) < 4.78 is 0. The average Bonchev–Trinajstić information content (AvgIpc) is 2.34. The third-order valence-corrected chi connectivity index (χ3v) is 3.29. The molecule has 1 aromatic carbocycles. The zero-order valence-electron chi connectivity index (χ0n) is 11.3. The molecule has 0 aliphatic heterocycles. The van der Waals surface area contributed by atoms with Crippen molar-refractivity contribution >= 4 is 5.97 Å². The molecule has 3 heteroatoms. The predicted octanol–water partition coefficient (Wildman–Crippen LogP) is 3.22. The van der Waals surface area contributed by atoms with Crippen LogP contribution >= 0.6 is 0 Å². The van der Waals surface area contributed by atoms with E-state index in [1.165, 1.54) is 0 Å². The van der Waals surface area contributed by atoms with Gasteiger partial charge < -0.3 is 5.11 Å². The van der Waals surface area contributed by atoms with Gasteiger partial charge in [-0.05, 0) is 49.1 Å². The molecule has 0 radical (unpaired) electrons. The Morgan fingerprint density at radius 2 is 1.84 bits per heavy atom. The molecule has 0 saturated carbocycles. The van der Waals surface area contributed by atoms with Crippen molar-refractivity contribution in [2.24, 2.45) is 0 Å². The Bertz CT molecular complexity index is 582. The van der Waals surface area contributed by atoms with Gasteiger partial charge in [-0.2, -0.15) is 0 Å². The lowest BCUT2D eigenvalue weighted by Crippen LogP contribution is -2.16. The van der Waals surface area contributed by atoms with Gasteiger partial charge in [-0.3, -0.25) is 9.78 Å². The van der Waals surface area contributed by atoms with Crippen LogP contribution in [0.2, 0.25) is 0 Å². The highest BCUT2D eigenvalue weighted by molar-refractivity contribution is 5.81. The van der Waals surface area contributed by atoms with E-state index in [0.717, 1.165) is 22.3 Å². The number of hydrogen-bond acceptors (Lipinski definition) is 2. The maximum Gasteiger partial charge on any atom is 0.315 e. The minimum Gasteiger partial charge on any atom is -0.481 e. The Morgan fingerprint density at radius 3 is 2.32 bits per heavy atom. The van der Waals surface area contributed by atoms with E-state index >= 15 is 0 Å². The molecule has 0 aliphatic rings. The first-order valence-corrected chi connectivity index (χ1v) is 6.21. The van der Waals surface area contributed by atoms with Gasteiger partial charge in [-0.15, -0.1) is 0 Å². The standard InChI is InChI=1S/C16H17NO2/c1-10-7-11(2)14(12(3)8-10)15(16(18)19)13-5-4-6-17-9-13/h4-9,15H,1-3H3,(H,18,19). The van der Waals surface area contributed by atoms with Crippen molar-refractivity contribution in [2.75, 3.05) is 0 Å². The molecule has 1 N–H and O–H groups in total. The number of aromatic nitrogens is 1. The molecule has 0 spiro atoms. The number of aryl methyl sites for hydroxylation is 3. The van der Waals surface area contributed by atoms with Crippen LogP contribution in [0.1, 0.15) is 33.7 Å². The van der Waals surface area contributed by atoms with E-state index in [-0.39, 0.29) is 0 Å². The normalized spacial score (nSPS) is 12.2. The highest BCUT2D eigenvalue weighted by Gasteiger charge is 2.25. The summed E-state index contributed by atoms with van der Waals surface area (Å²) in [5, 5.41) is 9.57. The summed E-state index contributed by atoms with van der Waals surface area (Å²) >= 11 is 0. The van der Waals surface area contributed by atoms with Crippen LogP contribution in [-0.2, 0) is 4.79 Å². The van der Waals surface area contributed by atoms with E-state index in [1.807, 2.05) is 39.0 Å². The molecule has 0 aliphatic carbocycles. The molecule has 98 valence electrons. The Labute approximate surface area is 112 Å². The number of carboxylic acids is 1. The summed E-state index contributed by atoms with van der Waals surface area (Å²) in [7, 11) is 0. The number of aliphatic carboxylic acids is 1. The summed E-state index contributed by atoms with van der Waals surface area (Å²) in [4.78, 5) is 15.7. The van der Waals surface area contributed by atoms with Gasteiger partial charge in [0.25, 0.3) is 0 Å². The number of carboxylic acid groups (broad SMARTS) is 1. The number of rotatable bonds is 3. The van der Waals surface area contributed by atoms with Crippen molar-refractivity contribution in [2.45, 2.75) is 26.7 Å². The lowest BCUT2D eigenvalue weighted by molar-refractivity contribution is -0.137. The second-order valence-corrected chi connectivity index (χ2v) is 4.87. The molecular formula is C16H17NO2. The highest BCUT2D eigenvalue weighted by atomic mass is 16.4. The first-order valence-electron chi connectivity index (χ1n) is 6.21. The van der Waals surface area contributed by atoms with E-state index in [1.54, 1.807) is 18.5 Å². The lowest BCUT2D eigenvalue weighted by Gasteiger charge is -2.18. The lowest BCUT2D eigenvalue weighted by atomic mass is 9.85. The maximum absolute atomic E-state index is 11.7. The predicted molar refractivity (Wildman–Crippen MR) is 74.4 cm³/mol. The van der Waals surface area contributed by atoms with Gasteiger partial charge in [0.1, 0.15) is 5.92 Å². The Morgan fingerprint density at radius 1 is 1.21 bits per heavy atom. The zero-order valence-corrected chi connectivity index (χ0v) is 11.3. The fourth-order valence-electron chi connectivity index (χ4n) is 2.63. The van der Waals surface area contributed by atoms with Gasteiger partial charge in [0.15, 0.2) is 0 Å². The molecule has 0 amide bonds.